The molecule has 7 nitrogen and oxygen atoms in total. The van der Waals surface area contributed by atoms with Crippen molar-refractivity contribution >= 4 is 29.7 Å². The summed E-state index contributed by atoms with van der Waals surface area (Å²) in [6, 6.07) is 13.6. The van der Waals surface area contributed by atoms with Crippen LogP contribution in [0.4, 0.5) is 4.79 Å². The van der Waals surface area contributed by atoms with E-state index < -0.39 is 23.8 Å². The minimum Gasteiger partial charge on any atom is -0.444 e. The number of alkyl carbamates (subject to hydrolysis) is 1. The molecule has 0 aromatic heterocycles. The largest absolute Gasteiger partial charge is 0.444 e. The van der Waals surface area contributed by atoms with Crippen molar-refractivity contribution in [1.29, 1.82) is 0 Å². The summed E-state index contributed by atoms with van der Waals surface area (Å²) in [5, 5.41) is 5.87. The molecule has 0 aliphatic carbocycles. The van der Waals surface area contributed by atoms with Crippen LogP contribution >= 0.6 is 11.8 Å². The molecule has 8 heteroatoms. The van der Waals surface area contributed by atoms with Gasteiger partial charge >= 0.3 is 6.09 Å². The molecule has 0 saturated heterocycles. The van der Waals surface area contributed by atoms with E-state index in [0.717, 1.165) is 22.3 Å². The molecule has 0 heterocycles. The fourth-order valence-electron chi connectivity index (χ4n) is 4.46. The molecule has 0 aliphatic rings. The lowest BCUT2D eigenvalue weighted by Crippen LogP contribution is -2.55. The summed E-state index contributed by atoms with van der Waals surface area (Å²) in [5.74, 6) is 0.104. The van der Waals surface area contributed by atoms with Gasteiger partial charge in [0.15, 0.2) is 0 Å². The van der Waals surface area contributed by atoms with Gasteiger partial charge in [-0.1, -0.05) is 55.5 Å². The molecule has 0 radical (unpaired) electrons. The number of benzene rings is 2. The summed E-state index contributed by atoms with van der Waals surface area (Å²) in [5.41, 5.74) is 2.93. The third-order valence-electron chi connectivity index (χ3n) is 6.57. The van der Waals surface area contributed by atoms with Gasteiger partial charge in [0.2, 0.25) is 11.8 Å². The Bertz CT molecular complexity index is 1080. The van der Waals surface area contributed by atoms with Crippen molar-refractivity contribution in [2.75, 3.05) is 12.0 Å². The molecule has 2 aromatic carbocycles. The first-order chi connectivity index (χ1) is 18.4. The van der Waals surface area contributed by atoms with E-state index in [1.165, 1.54) is 0 Å². The lowest BCUT2D eigenvalue weighted by atomic mass is 9.92. The molecule has 39 heavy (non-hydrogen) atoms. The predicted molar refractivity (Wildman–Crippen MR) is 160 cm³/mol. The summed E-state index contributed by atoms with van der Waals surface area (Å²) in [4.78, 5) is 42.8. The zero-order valence-electron chi connectivity index (χ0n) is 24.7. The number of nitrogens with one attached hydrogen (secondary N) is 2. The van der Waals surface area contributed by atoms with Crippen LogP contribution in [0.3, 0.4) is 0 Å². The Morgan fingerprint density at radius 3 is 2.15 bits per heavy atom. The second-order valence-electron chi connectivity index (χ2n) is 10.9. The van der Waals surface area contributed by atoms with Crippen molar-refractivity contribution in [2.45, 2.75) is 91.6 Å². The van der Waals surface area contributed by atoms with Crippen LogP contribution < -0.4 is 10.6 Å². The van der Waals surface area contributed by atoms with Gasteiger partial charge in [-0.2, -0.15) is 11.8 Å². The third kappa shape index (κ3) is 9.60. The van der Waals surface area contributed by atoms with Crippen molar-refractivity contribution in [3.63, 3.8) is 0 Å². The standard InChI is InChI=1S/C31H45N3O4S/c1-9-23(4)34(29(36)25(18-19-39-8)33-30(37)38-31(5,6)7)27(26-21(2)14-13-15-22(26)3)28(35)32-20-24-16-11-10-12-17-24/h10-17,23,25,27H,9,18-20H2,1-8H3,(H,32,35)(H,33,37). The highest BCUT2D eigenvalue weighted by Gasteiger charge is 2.39. The van der Waals surface area contributed by atoms with E-state index in [4.69, 9.17) is 4.74 Å². The second-order valence-corrected chi connectivity index (χ2v) is 11.9. The average molecular weight is 556 g/mol. The molecule has 3 unspecified atom stereocenters. The van der Waals surface area contributed by atoms with Gasteiger partial charge < -0.3 is 20.3 Å². The molecule has 214 valence electrons. The maximum Gasteiger partial charge on any atom is 0.408 e. The zero-order valence-corrected chi connectivity index (χ0v) is 25.5. The van der Waals surface area contributed by atoms with Crippen LogP contribution in [0.25, 0.3) is 0 Å². The van der Waals surface area contributed by atoms with E-state index in [1.54, 1.807) is 37.4 Å². The Balaban J connectivity index is 2.55. The highest BCUT2D eigenvalue weighted by atomic mass is 32.2. The smallest absolute Gasteiger partial charge is 0.408 e. The average Bonchev–Trinajstić information content (AvgIpc) is 2.88. The first kappa shape index (κ1) is 32.2. The molecule has 2 rings (SSSR count). The quantitative estimate of drug-likeness (QED) is 0.339. The van der Waals surface area contributed by atoms with Gasteiger partial charge in [0, 0.05) is 12.6 Å². The van der Waals surface area contributed by atoms with Crippen molar-refractivity contribution in [2.24, 2.45) is 0 Å². The molecule has 0 saturated carbocycles. The Morgan fingerprint density at radius 2 is 1.62 bits per heavy atom. The lowest BCUT2D eigenvalue weighted by Gasteiger charge is -2.39. The Kier molecular flexibility index (Phi) is 12.4. The molecule has 2 N–H and O–H groups in total. The SMILES string of the molecule is CCC(C)N(C(=O)C(CCSC)NC(=O)OC(C)(C)C)C(C(=O)NCc1ccccc1)c1c(C)cccc1C. The number of ether oxygens (including phenoxy) is 1. The van der Waals surface area contributed by atoms with Gasteiger partial charge in [-0.25, -0.2) is 4.79 Å². The van der Waals surface area contributed by atoms with E-state index >= 15 is 0 Å². The van der Waals surface area contributed by atoms with Crippen molar-refractivity contribution in [3.8, 4) is 0 Å². The van der Waals surface area contributed by atoms with Crippen molar-refractivity contribution < 1.29 is 19.1 Å². The summed E-state index contributed by atoms with van der Waals surface area (Å²) in [6.45, 7) is 13.6. The minimum atomic E-state index is -0.866. The normalized spacial score (nSPS) is 13.6. The zero-order chi connectivity index (χ0) is 29.2. The highest BCUT2D eigenvalue weighted by molar-refractivity contribution is 7.98. The number of hydrogen-bond acceptors (Lipinski definition) is 5. The molecule has 0 aliphatic heterocycles. The van der Waals surface area contributed by atoms with Crippen LogP contribution in [-0.2, 0) is 20.9 Å². The number of rotatable bonds is 12. The Morgan fingerprint density at radius 1 is 1.00 bits per heavy atom. The Hall–Kier alpha value is -3.00. The van der Waals surface area contributed by atoms with Gasteiger partial charge in [-0.15, -0.1) is 0 Å². The van der Waals surface area contributed by atoms with Crippen molar-refractivity contribution in [3.05, 3.63) is 70.8 Å². The first-order valence-corrected chi connectivity index (χ1v) is 15.0. The monoisotopic (exact) mass is 555 g/mol. The number of amides is 3. The van der Waals surface area contributed by atoms with Crippen LogP contribution in [0.15, 0.2) is 48.5 Å². The maximum atomic E-state index is 14.3. The van der Waals surface area contributed by atoms with E-state index in [1.807, 2.05) is 82.5 Å². The van der Waals surface area contributed by atoms with Crippen LogP contribution in [0.1, 0.15) is 75.8 Å². The molecule has 3 amide bonds. The number of nitrogens with zero attached hydrogens (tertiary/aromatic N) is 1. The van der Waals surface area contributed by atoms with Gasteiger partial charge in [0.25, 0.3) is 0 Å². The molecular weight excluding hydrogens is 510 g/mol. The third-order valence-corrected chi connectivity index (χ3v) is 7.22. The van der Waals surface area contributed by atoms with Gasteiger partial charge in [0.1, 0.15) is 17.7 Å². The number of carbonyl (C=O) groups excluding carboxylic acids is 3. The highest BCUT2D eigenvalue weighted by Crippen LogP contribution is 2.31. The van der Waals surface area contributed by atoms with Crippen LogP contribution in [0.5, 0.6) is 0 Å². The summed E-state index contributed by atoms with van der Waals surface area (Å²) >= 11 is 1.59. The number of aryl methyl sites for hydroxylation is 2. The van der Waals surface area contributed by atoms with Crippen molar-refractivity contribution in [1.82, 2.24) is 15.5 Å². The fraction of sp³-hybridized carbons (Fsp3) is 0.516. The topological polar surface area (TPSA) is 87.7 Å². The predicted octanol–water partition coefficient (Wildman–Crippen LogP) is 5.93. The molecule has 0 fully saturated rings. The summed E-state index contributed by atoms with van der Waals surface area (Å²) in [6.07, 6.45) is 2.36. The summed E-state index contributed by atoms with van der Waals surface area (Å²) < 4.78 is 5.48. The number of hydrogen-bond donors (Lipinski definition) is 2. The van der Waals surface area contributed by atoms with Crippen LogP contribution in [0, 0.1) is 13.8 Å². The molecule has 2 aromatic rings. The van der Waals surface area contributed by atoms with E-state index in [2.05, 4.69) is 10.6 Å². The van der Waals surface area contributed by atoms with Crippen LogP contribution in [0.2, 0.25) is 0 Å². The number of carbonyl (C=O) groups is 3. The molecule has 3 atom stereocenters. The number of thioether (sulfide) groups is 1. The van der Waals surface area contributed by atoms with E-state index in [-0.39, 0.29) is 17.9 Å². The van der Waals surface area contributed by atoms with Gasteiger partial charge in [0.05, 0.1) is 0 Å². The molecule has 0 spiro atoms. The van der Waals surface area contributed by atoms with Gasteiger partial charge in [-0.3, -0.25) is 9.59 Å². The molecule has 0 bridgehead atoms. The van der Waals surface area contributed by atoms with Gasteiger partial charge in [-0.05, 0) is 88.6 Å². The van der Waals surface area contributed by atoms with E-state index in [0.29, 0.717) is 25.1 Å². The fourth-order valence-corrected chi connectivity index (χ4v) is 4.93. The minimum absolute atomic E-state index is 0.259. The summed E-state index contributed by atoms with van der Waals surface area (Å²) in [7, 11) is 0. The van der Waals surface area contributed by atoms with Crippen LogP contribution in [-0.4, -0.2) is 52.5 Å². The molecular formula is C31H45N3O4S. The first-order valence-electron chi connectivity index (χ1n) is 13.6. The lowest BCUT2D eigenvalue weighted by molar-refractivity contribution is -0.145. The maximum absolute atomic E-state index is 14.3. The Labute approximate surface area is 238 Å². The van der Waals surface area contributed by atoms with E-state index in [9.17, 15) is 14.4 Å². The second kappa shape index (κ2) is 15.0.